The standard InChI is InChI=1S/C18H25N5O2/c1-18(2,3)23-16(9-13(22-23)12-7-5-6-8-12)21-15-11-19-14(10-20-15)17(24)25-4/h9-12H,5-8H2,1-4H3,(H,20,21). The zero-order valence-electron chi connectivity index (χ0n) is 15.2. The molecule has 2 aromatic heterocycles. The van der Waals surface area contributed by atoms with Crippen LogP contribution in [0.1, 0.15) is 68.6 Å². The van der Waals surface area contributed by atoms with Crippen LogP contribution >= 0.6 is 0 Å². The molecular weight excluding hydrogens is 318 g/mol. The van der Waals surface area contributed by atoms with E-state index in [0.717, 1.165) is 11.5 Å². The Kier molecular flexibility index (Phi) is 4.74. The molecule has 3 rings (SSSR count). The fourth-order valence-corrected chi connectivity index (χ4v) is 3.15. The Labute approximate surface area is 147 Å². The van der Waals surface area contributed by atoms with Gasteiger partial charge in [0.2, 0.25) is 0 Å². The fourth-order valence-electron chi connectivity index (χ4n) is 3.15. The molecule has 1 aliphatic carbocycles. The van der Waals surface area contributed by atoms with Crippen LogP contribution in [-0.4, -0.2) is 32.8 Å². The third-order valence-corrected chi connectivity index (χ3v) is 4.44. The molecule has 1 fully saturated rings. The number of aromatic nitrogens is 4. The van der Waals surface area contributed by atoms with Crippen molar-refractivity contribution >= 4 is 17.6 Å². The van der Waals surface area contributed by atoms with Gasteiger partial charge in [-0.3, -0.25) is 0 Å². The molecule has 2 heterocycles. The van der Waals surface area contributed by atoms with Crippen LogP contribution in [0.15, 0.2) is 18.5 Å². The smallest absolute Gasteiger partial charge is 0.358 e. The van der Waals surface area contributed by atoms with E-state index in [0.29, 0.717) is 11.7 Å². The van der Waals surface area contributed by atoms with Crippen molar-refractivity contribution in [3.05, 3.63) is 29.8 Å². The van der Waals surface area contributed by atoms with Crippen molar-refractivity contribution < 1.29 is 9.53 Å². The maximum absolute atomic E-state index is 11.5. The highest BCUT2D eigenvalue weighted by Gasteiger charge is 2.25. The summed E-state index contributed by atoms with van der Waals surface area (Å²) in [5, 5.41) is 8.13. The van der Waals surface area contributed by atoms with E-state index in [1.807, 2.05) is 4.68 Å². The van der Waals surface area contributed by atoms with Crippen molar-refractivity contribution in [2.24, 2.45) is 0 Å². The summed E-state index contributed by atoms with van der Waals surface area (Å²) in [6.07, 6.45) is 7.89. The number of esters is 1. The highest BCUT2D eigenvalue weighted by Crippen LogP contribution is 2.36. The number of hydrogen-bond acceptors (Lipinski definition) is 6. The maximum atomic E-state index is 11.5. The molecule has 1 N–H and O–H groups in total. The minimum Gasteiger partial charge on any atom is -0.464 e. The zero-order valence-corrected chi connectivity index (χ0v) is 15.2. The van der Waals surface area contributed by atoms with Gasteiger partial charge in [0, 0.05) is 12.0 Å². The molecule has 7 heteroatoms. The van der Waals surface area contributed by atoms with Gasteiger partial charge >= 0.3 is 5.97 Å². The number of ether oxygens (including phenoxy) is 1. The lowest BCUT2D eigenvalue weighted by Crippen LogP contribution is -2.25. The molecule has 0 amide bonds. The fraction of sp³-hybridized carbons (Fsp3) is 0.556. The average Bonchev–Trinajstić information content (AvgIpc) is 3.23. The van der Waals surface area contributed by atoms with Gasteiger partial charge in [-0.25, -0.2) is 19.4 Å². The van der Waals surface area contributed by atoms with Gasteiger partial charge in [0.05, 0.1) is 30.7 Å². The van der Waals surface area contributed by atoms with Gasteiger partial charge in [0.25, 0.3) is 0 Å². The Bertz CT molecular complexity index is 740. The van der Waals surface area contributed by atoms with Gasteiger partial charge in [0.15, 0.2) is 5.69 Å². The topological polar surface area (TPSA) is 81.9 Å². The minimum absolute atomic E-state index is 0.154. The van der Waals surface area contributed by atoms with E-state index < -0.39 is 5.97 Å². The maximum Gasteiger partial charge on any atom is 0.358 e. The first-order valence-electron chi connectivity index (χ1n) is 8.66. The second kappa shape index (κ2) is 6.82. The molecule has 0 spiro atoms. The lowest BCUT2D eigenvalue weighted by Gasteiger charge is -2.22. The van der Waals surface area contributed by atoms with Crippen LogP contribution in [0.3, 0.4) is 0 Å². The summed E-state index contributed by atoms with van der Waals surface area (Å²) in [6, 6.07) is 2.11. The second-order valence-electron chi connectivity index (χ2n) is 7.42. The molecule has 0 saturated heterocycles. The van der Waals surface area contributed by atoms with E-state index in [1.165, 1.54) is 45.2 Å². The molecule has 1 saturated carbocycles. The molecule has 0 aliphatic heterocycles. The van der Waals surface area contributed by atoms with E-state index in [9.17, 15) is 4.79 Å². The summed E-state index contributed by atoms with van der Waals surface area (Å²) in [5.74, 6) is 1.49. The first-order valence-corrected chi connectivity index (χ1v) is 8.66. The molecule has 0 aromatic carbocycles. The molecule has 0 bridgehead atoms. The number of anilines is 2. The number of methoxy groups -OCH3 is 1. The lowest BCUT2D eigenvalue weighted by molar-refractivity contribution is 0.0593. The Morgan fingerprint density at radius 2 is 1.96 bits per heavy atom. The summed E-state index contributed by atoms with van der Waals surface area (Å²) >= 11 is 0. The Morgan fingerprint density at radius 1 is 1.24 bits per heavy atom. The van der Waals surface area contributed by atoms with Crippen molar-refractivity contribution in [2.75, 3.05) is 12.4 Å². The van der Waals surface area contributed by atoms with Crippen molar-refractivity contribution in [1.82, 2.24) is 19.7 Å². The molecule has 0 atom stereocenters. The van der Waals surface area contributed by atoms with Crippen LogP contribution in [0.5, 0.6) is 0 Å². The van der Waals surface area contributed by atoms with E-state index in [2.05, 4.69) is 46.9 Å². The predicted octanol–water partition coefficient (Wildman–Crippen LogP) is 3.62. The van der Waals surface area contributed by atoms with Gasteiger partial charge in [-0.15, -0.1) is 0 Å². The monoisotopic (exact) mass is 343 g/mol. The molecule has 0 radical (unpaired) electrons. The molecular formula is C18H25N5O2. The summed E-state index contributed by atoms with van der Waals surface area (Å²) in [6.45, 7) is 6.36. The third kappa shape index (κ3) is 3.81. The summed E-state index contributed by atoms with van der Waals surface area (Å²) in [5.41, 5.74) is 1.16. The van der Waals surface area contributed by atoms with Crippen molar-refractivity contribution in [2.45, 2.75) is 57.9 Å². The van der Waals surface area contributed by atoms with Gasteiger partial charge in [-0.1, -0.05) is 12.8 Å². The summed E-state index contributed by atoms with van der Waals surface area (Å²) < 4.78 is 6.64. The van der Waals surface area contributed by atoms with Crippen LogP contribution in [-0.2, 0) is 10.3 Å². The van der Waals surface area contributed by atoms with Crippen LogP contribution in [0.25, 0.3) is 0 Å². The van der Waals surface area contributed by atoms with Gasteiger partial charge in [-0.05, 0) is 33.6 Å². The minimum atomic E-state index is -0.498. The number of rotatable bonds is 4. The van der Waals surface area contributed by atoms with Crippen molar-refractivity contribution in [3.63, 3.8) is 0 Å². The summed E-state index contributed by atoms with van der Waals surface area (Å²) in [7, 11) is 1.32. The molecule has 2 aromatic rings. The zero-order chi connectivity index (χ0) is 18.0. The number of carbonyl (C=O) groups is 1. The molecule has 1 aliphatic rings. The van der Waals surface area contributed by atoms with E-state index in [4.69, 9.17) is 5.10 Å². The molecule has 25 heavy (non-hydrogen) atoms. The van der Waals surface area contributed by atoms with Gasteiger partial charge < -0.3 is 10.1 Å². The Morgan fingerprint density at radius 3 is 2.52 bits per heavy atom. The van der Waals surface area contributed by atoms with Gasteiger partial charge in [-0.2, -0.15) is 5.10 Å². The quantitative estimate of drug-likeness (QED) is 0.854. The normalized spacial score (nSPS) is 15.4. The molecule has 7 nitrogen and oxygen atoms in total. The number of carbonyl (C=O) groups excluding carboxylic acids is 1. The van der Waals surface area contributed by atoms with Crippen LogP contribution in [0, 0.1) is 0 Å². The van der Waals surface area contributed by atoms with E-state index in [-0.39, 0.29) is 11.2 Å². The number of nitrogens with zero attached hydrogens (tertiary/aromatic N) is 4. The SMILES string of the molecule is COC(=O)c1cnc(Nc2cc(C3CCCC3)nn2C(C)(C)C)cn1. The van der Waals surface area contributed by atoms with Crippen LogP contribution < -0.4 is 5.32 Å². The van der Waals surface area contributed by atoms with Crippen LogP contribution in [0.2, 0.25) is 0 Å². The Hall–Kier alpha value is -2.44. The van der Waals surface area contributed by atoms with Gasteiger partial charge in [0.1, 0.15) is 11.6 Å². The van der Waals surface area contributed by atoms with Crippen molar-refractivity contribution in [3.8, 4) is 0 Å². The lowest BCUT2D eigenvalue weighted by atomic mass is 10.0. The molecule has 134 valence electrons. The van der Waals surface area contributed by atoms with Crippen molar-refractivity contribution in [1.29, 1.82) is 0 Å². The van der Waals surface area contributed by atoms with E-state index >= 15 is 0 Å². The average molecular weight is 343 g/mol. The summed E-state index contributed by atoms with van der Waals surface area (Å²) in [4.78, 5) is 19.8. The Balaban J connectivity index is 1.86. The number of nitrogens with one attached hydrogen (secondary N) is 1. The largest absolute Gasteiger partial charge is 0.464 e. The first kappa shape index (κ1) is 17.4. The first-order chi connectivity index (χ1) is 11.9. The second-order valence-corrected chi connectivity index (χ2v) is 7.42. The highest BCUT2D eigenvalue weighted by atomic mass is 16.5. The molecule has 0 unspecified atom stereocenters. The van der Waals surface area contributed by atoms with E-state index in [1.54, 1.807) is 0 Å². The highest BCUT2D eigenvalue weighted by molar-refractivity contribution is 5.86. The third-order valence-electron chi connectivity index (χ3n) is 4.44. The predicted molar refractivity (Wildman–Crippen MR) is 95.1 cm³/mol. The van der Waals surface area contributed by atoms with Crippen LogP contribution in [0.4, 0.5) is 11.6 Å². The number of hydrogen-bond donors (Lipinski definition) is 1.